The van der Waals surface area contributed by atoms with Crippen LogP contribution in [0.4, 0.5) is 0 Å². The lowest BCUT2D eigenvalue weighted by Crippen LogP contribution is -2.39. The Balaban J connectivity index is 2.02. The largest absolute Gasteiger partial charge is 0.341 e. The van der Waals surface area contributed by atoms with Crippen molar-refractivity contribution in [3.63, 3.8) is 0 Å². The van der Waals surface area contributed by atoms with Crippen LogP contribution in [0.5, 0.6) is 0 Å². The number of hydrogen-bond donors (Lipinski definition) is 0. The lowest BCUT2D eigenvalue weighted by atomic mass is 10.2. The summed E-state index contributed by atoms with van der Waals surface area (Å²) in [6.45, 7) is 1.70. The molecule has 1 fully saturated rings. The maximum Gasteiger partial charge on any atom is 0.255 e. The monoisotopic (exact) mass is 358 g/mol. The summed E-state index contributed by atoms with van der Waals surface area (Å²) in [5, 5.41) is 0.559. The number of benzene rings is 1. The number of nitrogens with zero attached hydrogens (tertiary/aromatic N) is 2. The average Bonchev–Trinajstić information content (AvgIpc) is 2.91. The number of carbonyl (C=O) groups is 2. The first kappa shape index (κ1) is 15.3. The van der Waals surface area contributed by atoms with E-state index in [0.717, 1.165) is 25.9 Å². The van der Waals surface area contributed by atoms with Crippen molar-refractivity contribution in [3.05, 3.63) is 33.3 Å². The molecule has 2 amide bonds. The summed E-state index contributed by atoms with van der Waals surface area (Å²) in [4.78, 5) is 27.6. The molecule has 4 nitrogen and oxygen atoms in total. The van der Waals surface area contributed by atoms with Crippen LogP contribution >= 0.6 is 27.5 Å². The van der Waals surface area contributed by atoms with Gasteiger partial charge in [0.1, 0.15) is 0 Å². The molecule has 1 aromatic rings. The molecule has 1 aliphatic rings. The maximum atomic E-state index is 12.3. The van der Waals surface area contributed by atoms with Crippen molar-refractivity contribution in [2.45, 2.75) is 12.8 Å². The Morgan fingerprint density at radius 2 is 2.00 bits per heavy atom. The fourth-order valence-corrected chi connectivity index (χ4v) is 3.06. The first-order valence-corrected chi connectivity index (χ1v) is 7.64. The smallest absolute Gasteiger partial charge is 0.255 e. The van der Waals surface area contributed by atoms with Crippen LogP contribution in [0.2, 0.25) is 5.02 Å². The average molecular weight is 360 g/mol. The molecule has 0 radical (unpaired) electrons. The second-order valence-corrected chi connectivity index (χ2v) is 6.16. The highest BCUT2D eigenvalue weighted by Gasteiger charge is 2.22. The lowest BCUT2D eigenvalue weighted by Gasteiger charge is -2.21. The van der Waals surface area contributed by atoms with Crippen LogP contribution in [0.25, 0.3) is 0 Å². The van der Waals surface area contributed by atoms with E-state index in [2.05, 4.69) is 15.9 Å². The second kappa shape index (κ2) is 6.59. The van der Waals surface area contributed by atoms with Crippen LogP contribution in [0.15, 0.2) is 22.7 Å². The summed E-state index contributed by atoms with van der Waals surface area (Å²) >= 11 is 9.18. The van der Waals surface area contributed by atoms with Gasteiger partial charge < -0.3 is 9.80 Å². The van der Waals surface area contributed by atoms with Gasteiger partial charge >= 0.3 is 0 Å². The molecule has 0 aromatic heterocycles. The SMILES string of the molecule is CN(CC(=O)N1CCCC1)C(=O)c1ccc(Cl)cc1Br. The van der Waals surface area contributed by atoms with Gasteiger partial charge in [0, 0.05) is 29.6 Å². The lowest BCUT2D eigenvalue weighted by molar-refractivity contribution is -0.130. The predicted molar refractivity (Wildman–Crippen MR) is 81.9 cm³/mol. The van der Waals surface area contributed by atoms with Crippen molar-refractivity contribution in [3.8, 4) is 0 Å². The van der Waals surface area contributed by atoms with E-state index >= 15 is 0 Å². The summed E-state index contributed by atoms with van der Waals surface area (Å²) in [5.74, 6) is -0.190. The van der Waals surface area contributed by atoms with Crippen LogP contribution in [0.1, 0.15) is 23.2 Å². The Morgan fingerprint density at radius 1 is 1.35 bits per heavy atom. The van der Waals surface area contributed by atoms with Gasteiger partial charge in [-0.25, -0.2) is 0 Å². The molecule has 0 aliphatic carbocycles. The summed E-state index contributed by atoms with van der Waals surface area (Å²) < 4.78 is 0.635. The van der Waals surface area contributed by atoms with Crippen LogP contribution in [-0.4, -0.2) is 48.3 Å². The number of rotatable bonds is 3. The van der Waals surface area contributed by atoms with Gasteiger partial charge in [0.25, 0.3) is 5.91 Å². The molecule has 20 heavy (non-hydrogen) atoms. The second-order valence-electron chi connectivity index (χ2n) is 4.87. The highest BCUT2D eigenvalue weighted by atomic mass is 79.9. The Morgan fingerprint density at radius 3 is 2.60 bits per heavy atom. The first-order valence-electron chi connectivity index (χ1n) is 6.47. The van der Waals surface area contributed by atoms with Crippen molar-refractivity contribution < 1.29 is 9.59 Å². The fraction of sp³-hybridized carbons (Fsp3) is 0.429. The highest BCUT2D eigenvalue weighted by molar-refractivity contribution is 9.10. The van der Waals surface area contributed by atoms with E-state index in [0.29, 0.717) is 15.1 Å². The summed E-state index contributed by atoms with van der Waals surface area (Å²) in [6, 6.07) is 4.99. The molecule has 6 heteroatoms. The van der Waals surface area contributed by atoms with Gasteiger partial charge in [-0.15, -0.1) is 0 Å². The first-order chi connectivity index (χ1) is 9.49. The van der Waals surface area contributed by atoms with Gasteiger partial charge in [-0.3, -0.25) is 9.59 Å². The van der Waals surface area contributed by atoms with E-state index in [1.807, 2.05) is 0 Å². The quantitative estimate of drug-likeness (QED) is 0.832. The van der Waals surface area contributed by atoms with Gasteiger partial charge in [-0.05, 0) is 47.0 Å². The van der Waals surface area contributed by atoms with Gasteiger partial charge in [0.05, 0.1) is 12.1 Å². The maximum absolute atomic E-state index is 12.3. The molecule has 0 atom stereocenters. The molecule has 0 spiro atoms. The van der Waals surface area contributed by atoms with Gasteiger partial charge in [0.15, 0.2) is 0 Å². The topological polar surface area (TPSA) is 40.6 Å². The molecular formula is C14H16BrClN2O2. The Bertz CT molecular complexity index is 530. The number of likely N-dealkylation sites (tertiary alicyclic amines) is 1. The number of amides is 2. The zero-order valence-electron chi connectivity index (χ0n) is 11.2. The third kappa shape index (κ3) is 3.52. The predicted octanol–water partition coefficient (Wildman–Crippen LogP) is 2.80. The molecule has 0 unspecified atom stereocenters. The molecular weight excluding hydrogens is 344 g/mol. The van der Waals surface area contributed by atoms with E-state index in [1.165, 1.54) is 4.90 Å². The number of carbonyl (C=O) groups excluding carboxylic acids is 2. The molecule has 0 N–H and O–H groups in total. The van der Waals surface area contributed by atoms with E-state index in [-0.39, 0.29) is 18.4 Å². The number of hydrogen-bond acceptors (Lipinski definition) is 2. The zero-order valence-corrected chi connectivity index (χ0v) is 13.6. The Labute approximate surface area is 131 Å². The van der Waals surface area contributed by atoms with Crippen molar-refractivity contribution in [2.75, 3.05) is 26.7 Å². The van der Waals surface area contributed by atoms with E-state index in [4.69, 9.17) is 11.6 Å². The third-order valence-corrected chi connectivity index (χ3v) is 4.23. The minimum atomic E-state index is -0.193. The number of halogens is 2. The standard InChI is InChI=1S/C14H16BrClN2O2/c1-17(9-13(19)18-6-2-3-7-18)14(20)11-5-4-10(16)8-12(11)15/h4-5,8H,2-3,6-7,9H2,1H3. The minimum absolute atomic E-state index is 0.00318. The van der Waals surface area contributed by atoms with Crippen molar-refractivity contribution in [2.24, 2.45) is 0 Å². The molecule has 1 aliphatic heterocycles. The van der Waals surface area contributed by atoms with Crippen LogP contribution in [-0.2, 0) is 4.79 Å². The normalized spacial score (nSPS) is 14.4. The van der Waals surface area contributed by atoms with E-state index in [1.54, 1.807) is 30.1 Å². The van der Waals surface area contributed by atoms with Crippen LogP contribution in [0.3, 0.4) is 0 Å². The molecule has 1 heterocycles. The fourth-order valence-electron chi connectivity index (χ4n) is 2.21. The summed E-state index contributed by atoms with van der Waals surface area (Å²) in [6.07, 6.45) is 2.10. The van der Waals surface area contributed by atoms with Gasteiger partial charge in [0.2, 0.25) is 5.91 Å². The van der Waals surface area contributed by atoms with E-state index < -0.39 is 0 Å². The van der Waals surface area contributed by atoms with Gasteiger partial charge in [-0.1, -0.05) is 11.6 Å². The molecule has 1 saturated heterocycles. The third-order valence-electron chi connectivity index (χ3n) is 3.34. The minimum Gasteiger partial charge on any atom is -0.341 e. The molecule has 0 bridgehead atoms. The van der Waals surface area contributed by atoms with Crippen LogP contribution in [0, 0.1) is 0 Å². The van der Waals surface area contributed by atoms with Crippen molar-refractivity contribution in [1.29, 1.82) is 0 Å². The zero-order chi connectivity index (χ0) is 14.7. The molecule has 108 valence electrons. The Kier molecular flexibility index (Phi) is 5.05. The van der Waals surface area contributed by atoms with E-state index in [9.17, 15) is 9.59 Å². The van der Waals surface area contributed by atoms with Crippen molar-refractivity contribution >= 4 is 39.3 Å². The number of likely N-dealkylation sites (N-methyl/N-ethyl adjacent to an activating group) is 1. The van der Waals surface area contributed by atoms with Gasteiger partial charge in [-0.2, -0.15) is 0 Å². The summed E-state index contributed by atoms with van der Waals surface area (Å²) in [7, 11) is 1.64. The Hall–Kier alpha value is -1.07. The summed E-state index contributed by atoms with van der Waals surface area (Å²) in [5.41, 5.74) is 0.506. The highest BCUT2D eigenvalue weighted by Crippen LogP contribution is 2.22. The van der Waals surface area contributed by atoms with Crippen LogP contribution < -0.4 is 0 Å². The molecule has 1 aromatic carbocycles. The molecule has 2 rings (SSSR count). The van der Waals surface area contributed by atoms with Crippen molar-refractivity contribution in [1.82, 2.24) is 9.80 Å². The molecule has 0 saturated carbocycles.